The van der Waals surface area contributed by atoms with Crippen molar-refractivity contribution in [2.24, 2.45) is 19.8 Å². The van der Waals surface area contributed by atoms with Crippen molar-refractivity contribution in [3.8, 4) is 23.0 Å². The standard InChI is InChI=1S/C37H51N9O10P8S2/c1-44(61(65)55-35-17-7-30(8-18-35)23-24-46(28-63(47,49-3)50-4)29-64(48,51-5)52-6)39-25-31-9-13-33(14-10-31)53-27-41-58-37-21-19-36(20-22-37)56-62(66)45(2)40-26-32-11-15-34(16-12-32)54-59-60(57)43-42-38/h7-22,25-26,59,61-62H,23-24,27-29,57H2,1-6H3. The van der Waals surface area contributed by atoms with Gasteiger partial charge in [0.1, 0.15) is 44.1 Å². The summed E-state index contributed by atoms with van der Waals surface area (Å²) in [5.41, 5.74) is 11.2. The zero-order valence-corrected chi connectivity index (χ0v) is 46.1. The van der Waals surface area contributed by atoms with Gasteiger partial charge in [-0.25, -0.2) is 14.3 Å². The number of ether oxygens (including phenoxy) is 1. The molecule has 19 nitrogen and oxygen atoms in total. The van der Waals surface area contributed by atoms with Crippen LogP contribution in [-0.2, 0) is 57.3 Å². The lowest BCUT2D eigenvalue weighted by Crippen LogP contribution is -2.29. The van der Waals surface area contributed by atoms with Crippen molar-refractivity contribution in [1.82, 2.24) is 14.5 Å². The largest absolute Gasteiger partial charge is 0.472 e. The van der Waals surface area contributed by atoms with E-state index in [1.807, 2.05) is 97.1 Å². The van der Waals surface area contributed by atoms with Gasteiger partial charge < -0.3 is 36.4 Å². The highest BCUT2D eigenvalue weighted by Gasteiger charge is 2.31. The maximum atomic E-state index is 12.8. The third-order valence-electron chi connectivity index (χ3n) is 8.66. The van der Waals surface area contributed by atoms with Crippen molar-refractivity contribution in [3.05, 3.63) is 124 Å². The Balaban J connectivity index is 1.17. The van der Waals surface area contributed by atoms with Crippen LogP contribution in [0.25, 0.3) is 10.4 Å². The number of benzene rings is 4. The topological polar surface area (TPSA) is 204 Å². The summed E-state index contributed by atoms with van der Waals surface area (Å²) in [5.74, 6) is 2.59. The van der Waals surface area contributed by atoms with E-state index in [0.717, 1.165) is 30.4 Å². The molecular weight excluding hydrogens is 1040 g/mol. The summed E-state index contributed by atoms with van der Waals surface area (Å²) in [6.45, 7) is 0.549. The van der Waals surface area contributed by atoms with Gasteiger partial charge in [-0.05, 0) is 137 Å². The zero-order valence-electron chi connectivity index (χ0n) is 36.7. The maximum Gasteiger partial charge on any atom is 0.344 e. The van der Waals surface area contributed by atoms with Crippen LogP contribution in [0.3, 0.4) is 0 Å². The summed E-state index contributed by atoms with van der Waals surface area (Å²) in [7, 11) is 0.485. The molecule has 0 radical (unpaired) electrons. The van der Waals surface area contributed by atoms with Crippen molar-refractivity contribution in [1.29, 1.82) is 0 Å². The lowest BCUT2D eigenvalue weighted by atomic mass is 10.1. The average molecular weight is 1090 g/mol. The minimum Gasteiger partial charge on any atom is -0.472 e. The van der Waals surface area contributed by atoms with Crippen LogP contribution in [-0.4, -0.2) is 95.3 Å². The van der Waals surface area contributed by atoms with Crippen molar-refractivity contribution in [2.75, 3.05) is 68.4 Å². The van der Waals surface area contributed by atoms with Crippen LogP contribution >= 0.6 is 62.6 Å². The molecule has 29 heteroatoms. The molecule has 0 fully saturated rings. The summed E-state index contributed by atoms with van der Waals surface area (Å²) >= 11 is 11.2. The Morgan fingerprint density at radius 1 is 0.742 bits per heavy atom. The van der Waals surface area contributed by atoms with Crippen molar-refractivity contribution < 1.29 is 45.5 Å². The predicted octanol–water partition coefficient (Wildman–Crippen LogP) is 11.3. The molecular formula is C37H51N9O10P8S2. The molecule has 0 spiro atoms. The Bertz CT molecular complexity index is 2380. The van der Waals surface area contributed by atoms with Crippen LogP contribution < -0.4 is 23.6 Å². The zero-order chi connectivity index (χ0) is 48.0. The maximum absolute atomic E-state index is 12.8. The van der Waals surface area contributed by atoms with E-state index >= 15 is 0 Å². The first-order chi connectivity index (χ1) is 31.7. The van der Waals surface area contributed by atoms with E-state index in [9.17, 15) is 9.13 Å². The second-order valence-corrected chi connectivity index (χ2v) is 29.7. The Hall–Kier alpha value is -2.72. The minimum absolute atomic E-state index is 0.0593. The second-order valence-electron chi connectivity index (χ2n) is 13.2. The molecule has 66 heavy (non-hydrogen) atoms. The average Bonchev–Trinajstić information content (AvgIpc) is 3.33. The van der Waals surface area contributed by atoms with Gasteiger partial charge in [0.25, 0.3) is 0 Å². The fourth-order valence-electron chi connectivity index (χ4n) is 5.03. The highest BCUT2D eigenvalue weighted by molar-refractivity contribution is 8.46. The molecule has 0 aliphatic heterocycles. The molecule has 0 saturated carbocycles. The number of hydrogen-bond donors (Lipinski definition) is 0. The SMILES string of the molecule is COP(=O)(CN(CCc1ccc(O[PH](=S)N(C)N=Cc2ccc(OCN=Pc3ccc(O[PH](=S)N(C)N=Cc4ccc(OPP(P)N=[N+]=[N-])cc4)cc3)cc2)cc1)CP(=O)(OC)OC)OC. The van der Waals surface area contributed by atoms with E-state index in [1.165, 1.54) is 28.4 Å². The molecule has 0 amide bonds. The molecule has 4 aromatic rings. The fraction of sp³-hybridized carbons (Fsp3) is 0.297. The number of nitrogens with zero attached hydrogens (tertiary/aromatic N) is 9. The summed E-state index contributed by atoms with van der Waals surface area (Å²) < 4.78 is 77.3. The van der Waals surface area contributed by atoms with Crippen LogP contribution in [0.1, 0.15) is 16.7 Å². The van der Waals surface area contributed by atoms with Gasteiger partial charge in [0.2, 0.25) is 14.1 Å². The van der Waals surface area contributed by atoms with E-state index < -0.39 is 36.8 Å². The van der Waals surface area contributed by atoms with Crippen LogP contribution in [0.4, 0.5) is 0 Å². The molecule has 0 saturated heterocycles. The van der Waals surface area contributed by atoms with Crippen molar-refractivity contribution in [3.63, 3.8) is 0 Å². The van der Waals surface area contributed by atoms with Crippen molar-refractivity contribution >= 4 is 104 Å². The molecule has 0 heterocycles. The lowest BCUT2D eigenvalue weighted by Gasteiger charge is -2.27. The molecule has 0 aliphatic rings. The monoisotopic (exact) mass is 1090 g/mol. The summed E-state index contributed by atoms with van der Waals surface area (Å²) in [4.78, 5) is 8.12. The van der Waals surface area contributed by atoms with Crippen LogP contribution in [0.2, 0.25) is 0 Å². The molecule has 356 valence electrons. The highest BCUT2D eigenvalue weighted by atomic mass is 32.4. The third kappa shape index (κ3) is 20.1. The molecule has 0 aliphatic carbocycles. The van der Waals surface area contributed by atoms with Gasteiger partial charge in [0.05, 0.1) is 19.9 Å². The number of hydrazone groups is 2. The molecule has 0 bridgehead atoms. The van der Waals surface area contributed by atoms with Gasteiger partial charge in [-0.3, -0.25) is 14.0 Å². The van der Waals surface area contributed by atoms with Gasteiger partial charge >= 0.3 is 15.2 Å². The van der Waals surface area contributed by atoms with Crippen LogP contribution in [0.15, 0.2) is 117 Å². The lowest BCUT2D eigenvalue weighted by molar-refractivity contribution is 0.224. The first-order valence-electron chi connectivity index (χ1n) is 19.2. The van der Waals surface area contributed by atoms with Crippen LogP contribution in [0, 0.1) is 0 Å². The Kier molecular flexibility index (Phi) is 24.8. The Morgan fingerprint density at radius 2 is 1.20 bits per heavy atom. The normalized spacial score (nSPS) is 13.6. The van der Waals surface area contributed by atoms with Crippen LogP contribution in [0.5, 0.6) is 23.0 Å². The van der Waals surface area contributed by atoms with E-state index in [1.54, 1.807) is 41.0 Å². The van der Waals surface area contributed by atoms with E-state index in [0.29, 0.717) is 36.0 Å². The highest BCUT2D eigenvalue weighted by Crippen LogP contribution is 2.63. The number of hydrogen-bond acceptors (Lipinski definition) is 17. The molecule has 4 rings (SSSR count). The van der Waals surface area contributed by atoms with Gasteiger partial charge in [-0.1, -0.05) is 25.9 Å². The Morgan fingerprint density at radius 3 is 1.67 bits per heavy atom. The summed E-state index contributed by atoms with van der Waals surface area (Å²) in [6.07, 6.45) is 3.76. The van der Waals surface area contributed by atoms with Gasteiger partial charge in [0.15, 0.2) is 6.73 Å². The van der Waals surface area contributed by atoms with Gasteiger partial charge in [0, 0.05) is 67.7 Å². The second kappa shape index (κ2) is 29.3. The predicted molar refractivity (Wildman–Crippen MR) is 282 cm³/mol. The first kappa shape index (κ1) is 55.9. The van der Waals surface area contributed by atoms with E-state index in [4.69, 9.17) is 65.5 Å². The van der Waals surface area contributed by atoms with E-state index in [2.05, 4.69) is 33.7 Å². The first-order valence-corrected chi connectivity index (χ1v) is 33.2. The third-order valence-corrected chi connectivity index (χ3v) is 20.5. The summed E-state index contributed by atoms with van der Waals surface area (Å²) in [6, 6.07) is 29.9. The molecule has 5 atom stereocenters. The quantitative estimate of drug-likeness (QED) is 0.0124. The molecule has 5 unspecified atom stereocenters. The van der Waals surface area contributed by atoms with E-state index in [-0.39, 0.29) is 27.8 Å². The molecule has 4 aromatic carbocycles. The van der Waals surface area contributed by atoms with Gasteiger partial charge in [-0.15, -0.1) is 0 Å². The minimum atomic E-state index is -3.43. The number of rotatable bonds is 29. The smallest absolute Gasteiger partial charge is 0.344 e. The Labute approximate surface area is 403 Å². The van der Waals surface area contributed by atoms with Gasteiger partial charge in [-0.2, -0.15) is 10.2 Å². The van der Waals surface area contributed by atoms with Crippen molar-refractivity contribution in [2.45, 2.75) is 6.42 Å². The molecule has 0 N–H and O–H groups in total. The summed E-state index contributed by atoms with van der Waals surface area (Å²) in [5, 5.41) is 9.89. The number of azide groups is 1. The molecule has 0 aromatic heterocycles. The fourth-order valence-corrected chi connectivity index (χ4v) is 12.0.